The van der Waals surface area contributed by atoms with Crippen LogP contribution >= 0.6 is 27.3 Å². The lowest BCUT2D eigenvalue weighted by Crippen LogP contribution is -2.02. The third kappa shape index (κ3) is 2.91. The van der Waals surface area contributed by atoms with E-state index in [2.05, 4.69) is 15.9 Å². The van der Waals surface area contributed by atoms with Crippen molar-refractivity contribution in [2.45, 2.75) is 0 Å². The summed E-state index contributed by atoms with van der Waals surface area (Å²) in [5.74, 6) is -2.39. The predicted molar refractivity (Wildman–Crippen MR) is 71.7 cm³/mol. The fourth-order valence-corrected chi connectivity index (χ4v) is 2.73. The highest BCUT2D eigenvalue weighted by Crippen LogP contribution is 2.21. The second-order valence-corrected chi connectivity index (χ2v) is 5.32. The zero-order valence-electron chi connectivity index (χ0n) is 8.99. The number of allylic oxidation sites excluding steroid dienone is 1. The van der Waals surface area contributed by atoms with Gasteiger partial charge < -0.3 is 0 Å². The van der Waals surface area contributed by atoms with E-state index in [4.69, 9.17) is 0 Å². The van der Waals surface area contributed by atoms with Gasteiger partial charge in [-0.1, -0.05) is 6.07 Å². The van der Waals surface area contributed by atoms with E-state index in [9.17, 15) is 13.6 Å². The average Bonchev–Trinajstić information content (AvgIpc) is 2.72. The van der Waals surface area contributed by atoms with Gasteiger partial charge in [0.15, 0.2) is 5.78 Å². The van der Waals surface area contributed by atoms with Crippen LogP contribution in [0.1, 0.15) is 15.2 Å². The normalized spacial score (nSPS) is 11.1. The van der Waals surface area contributed by atoms with E-state index in [0.717, 1.165) is 21.5 Å². The second-order valence-electron chi connectivity index (χ2n) is 3.46. The molecule has 0 aliphatic heterocycles. The van der Waals surface area contributed by atoms with Crippen LogP contribution in [0, 0.1) is 11.6 Å². The van der Waals surface area contributed by atoms with Crippen LogP contribution in [0.3, 0.4) is 0 Å². The van der Waals surface area contributed by atoms with Gasteiger partial charge in [0.25, 0.3) is 0 Å². The lowest BCUT2D eigenvalue weighted by atomic mass is 10.1. The lowest BCUT2D eigenvalue weighted by Gasteiger charge is -1.99. The van der Waals surface area contributed by atoms with Gasteiger partial charge in [0, 0.05) is 14.7 Å². The van der Waals surface area contributed by atoms with Gasteiger partial charge in [-0.15, -0.1) is 11.3 Å². The van der Waals surface area contributed by atoms with Gasteiger partial charge in [-0.3, -0.25) is 4.79 Å². The van der Waals surface area contributed by atoms with Crippen molar-refractivity contribution >= 4 is 39.1 Å². The van der Waals surface area contributed by atoms with Crippen LogP contribution < -0.4 is 0 Å². The Hall–Kier alpha value is -1.33. The van der Waals surface area contributed by atoms with Crippen LogP contribution in [0.4, 0.5) is 8.78 Å². The van der Waals surface area contributed by atoms with E-state index in [1.165, 1.54) is 29.6 Å². The van der Waals surface area contributed by atoms with Crippen molar-refractivity contribution in [3.05, 3.63) is 62.3 Å². The molecule has 92 valence electrons. The van der Waals surface area contributed by atoms with Gasteiger partial charge in [-0.2, -0.15) is 0 Å². The number of carbonyl (C=O) groups excluding carboxylic acids is 1. The Morgan fingerprint density at radius 2 is 1.94 bits per heavy atom. The van der Waals surface area contributed by atoms with E-state index in [0.29, 0.717) is 0 Å². The molecule has 1 aromatic carbocycles. The topological polar surface area (TPSA) is 17.1 Å². The third-order valence-electron chi connectivity index (χ3n) is 2.20. The standard InChI is InChI=1S/C13H7BrF2OS/c14-8-6-9(18-7-8)4-5-12(17)13-10(15)2-1-3-11(13)16/h1-7H/b5-4+. The molecule has 1 heterocycles. The zero-order chi connectivity index (χ0) is 13.1. The van der Waals surface area contributed by atoms with Gasteiger partial charge in [-0.05, 0) is 46.3 Å². The minimum absolute atomic E-state index is 0.524. The molecule has 1 nitrogen and oxygen atoms in total. The summed E-state index contributed by atoms with van der Waals surface area (Å²) >= 11 is 4.70. The number of thiophene rings is 1. The average molecular weight is 329 g/mol. The van der Waals surface area contributed by atoms with E-state index in [1.54, 1.807) is 0 Å². The zero-order valence-corrected chi connectivity index (χ0v) is 11.4. The predicted octanol–water partition coefficient (Wildman–Crippen LogP) is 4.68. The molecule has 0 fully saturated rings. The maximum atomic E-state index is 13.3. The maximum absolute atomic E-state index is 13.3. The van der Waals surface area contributed by atoms with Crippen LogP contribution in [0.25, 0.3) is 6.08 Å². The highest BCUT2D eigenvalue weighted by atomic mass is 79.9. The summed E-state index contributed by atoms with van der Waals surface area (Å²) in [6.45, 7) is 0. The lowest BCUT2D eigenvalue weighted by molar-refractivity contribution is 0.104. The molecule has 5 heteroatoms. The molecule has 2 rings (SSSR count). The molecule has 0 bridgehead atoms. The van der Waals surface area contributed by atoms with Crippen LogP contribution in [-0.2, 0) is 0 Å². The van der Waals surface area contributed by atoms with Crippen molar-refractivity contribution in [2.75, 3.05) is 0 Å². The number of hydrogen-bond donors (Lipinski definition) is 0. The first-order valence-corrected chi connectivity index (χ1v) is 6.65. The molecule has 0 saturated carbocycles. The van der Waals surface area contributed by atoms with Gasteiger partial charge in [-0.25, -0.2) is 8.78 Å². The number of ketones is 1. The van der Waals surface area contributed by atoms with Crippen molar-refractivity contribution in [3.8, 4) is 0 Å². The Morgan fingerprint density at radius 1 is 1.28 bits per heavy atom. The summed E-state index contributed by atoms with van der Waals surface area (Å²) in [4.78, 5) is 12.5. The highest BCUT2D eigenvalue weighted by Gasteiger charge is 2.14. The van der Waals surface area contributed by atoms with Crippen molar-refractivity contribution in [2.24, 2.45) is 0 Å². The smallest absolute Gasteiger partial charge is 0.191 e. The third-order valence-corrected chi connectivity index (χ3v) is 3.85. The van der Waals surface area contributed by atoms with Crippen LogP contribution in [0.15, 0.2) is 40.2 Å². The SMILES string of the molecule is O=C(/C=C/c1cc(Br)cs1)c1c(F)cccc1F. The number of hydrogen-bond acceptors (Lipinski definition) is 2. The Labute approximate surface area is 115 Å². The molecule has 0 spiro atoms. The summed E-state index contributed by atoms with van der Waals surface area (Å²) in [5, 5.41) is 1.85. The molecule has 0 N–H and O–H groups in total. The van der Waals surface area contributed by atoms with E-state index >= 15 is 0 Å². The monoisotopic (exact) mass is 328 g/mol. The highest BCUT2D eigenvalue weighted by molar-refractivity contribution is 9.10. The van der Waals surface area contributed by atoms with Crippen molar-refractivity contribution in [3.63, 3.8) is 0 Å². The first-order chi connectivity index (χ1) is 8.58. The minimum Gasteiger partial charge on any atom is -0.289 e. The second kappa shape index (κ2) is 5.54. The summed E-state index contributed by atoms with van der Waals surface area (Å²) in [6.07, 6.45) is 2.70. The summed E-state index contributed by atoms with van der Waals surface area (Å²) in [7, 11) is 0. The van der Waals surface area contributed by atoms with E-state index in [1.807, 2.05) is 11.4 Å². The number of benzene rings is 1. The maximum Gasteiger partial charge on any atom is 0.191 e. The van der Waals surface area contributed by atoms with Crippen molar-refractivity contribution in [1.82, 2.24) is 0 Å². The molecular formula is C13H7BrF2OS. The molecule has 18 heavy (non-hydrogen) atoms. The molecule has 0 radical (unpaired) electrons. The number of halogens is 3. The van der Waals surface area contributed by atoms with E-state index in [-0.39, 0.29) is 0 Å². The Morgan fingerprint density at radius 3 is 2.50 bits per heavy atom. The molecular weight excluding hydrogens is 322 g/mol. The molecule has 1 aromatic heterocycles. The Bertz CT molecular complexity index is 599. The van der Waals surface area contributed by atoms with Gasteiger partial charge in [0.1, 0.15) is 11.6 Å². The van der Waals surface area contributed by atoms with Crippen molar-refractivity contribution < 1.29 is 13.6 Å². The molecule has 0 saturated heterocycles. The minimum atomic E-state index is -0.850. The van der Waals surface area contributed by atoms with E-state index < -0.39 is 23.0 Å². The molecule has 0 aliphatic carbocycles. The van der Waals surface area contributed by atoms with Gasteiger partial charge in [0.05, 0.1) is 5.56 Å². The fraction of sp³-hybridized carbons (Fsp3) is 0. The van der Waals surface area contributed by atoms with Crippen LogP contribution in [0.2, 0.25) is 0 Å². The van der Waals surface area contributed by atoms with Gasteiger partial charge in [0.2, 0.25) is 0 Å². The molecule has 0 unspecified atom stereocenters. The molecule has 0 atom stereocenters. The van der Waals surface area contributed by atoms with Crippen molar-refractivity contribution in [1.29, 1.82) is 0 Å². The van der Waals surface area contributed by atoms with Gasteiger partial charge >= 0.3 is 0 Å². The fourth-order valence-electron chi connectivity index (χ4n) is 1.39. The Kier molecular flexibility index (Phi) is 4.04. The molecule has 2 aromatic rings. The summed E-state index contributed by atoms with van der Waals surface area (Å²) in [6, 6.07) is 5.16. The number of carbonyl (C=O) groups is 1. The van der Waals surface area contributed by atoms with Crippen LogP contribution in [0.5, 0.6) is 0 Å². The molecule has 0 amide bonds. The van der Waals surface area contributed by atoms with Crippen LogP contribution in [-0.4, -0.2) is 5.78 Å². The number of rotatable bonds is 3. The first kappa shape index (κ1) is 13.1. The quantitative estimate of drug-likeness (QED) is 0.590. The largest absolute Gasteiger partial charge is 0.289 e. The summed E-state index contributed by atoms with van der Waals surface area (Å²) < 4.78 is 27.6. The Balaban J connectivity index is 2.25. The molecule has 0 aliphatic rings. The summed E-state index contributed by atoms with van der Waals surface area (Å²) in [5.41, 5.74) is -0.524. The first-order valence-electron chi connectivity index (χ1n) is 4.98.